The minimum Gasteiger partial charge on any atom is -0.460 e. The first kappa shape index (κ1) is 10.4. The Labute approximate surface area is 80.6 Å². The van der Waals surface area contributed by atoms with Gasteiger partial charge in [-0.2, -0.15) is 0 Å². The van der Waals surface area contributed by atoms with Gasteiger partial charge in [-0.05, 0) is 40.0 Å². The van der Waals surface area contributed by atoms with Crippen LogP contribution in [0.2, 0.25) is 0 Å². The molecule has 1 saturated heterocycles. The van der Waals surface area contributed by atoms with E-state index >= 15 is 0 Å². The van der Waals surface area contributed by atoms with E-state index in [1.54, 1.807) is 0 Å². The van der Waals surface area contributed by atoms with Crippen LogP contribution in [0.1, 0.15) is 40.0 Å². The van der Waals surface area contributed by atoms with E-state index < -0.39 is 0 Å². The molecule has 1 heterocycles. The first-order valence-electron chi connectivity index (χ1n) is 5.01. The summed E-state index contributed by atoms with van der Waals surface area (Å²) < 4.78 is 5.49. The molecule has 0 bridgehead atoms. The molecule has 0 amide bonds. The highest BCUT2D eigenvalue weighted by atomic mass is 16.5. The number of hydrogen-bond acceptors (Lipinski definition) is 2. The Hall–Kier alpha value is -0.730. The second kappa shape index (κ2) is 3.99. The molecular weight excluding hydrogens is 164 g/mol. The Bertz CT molecular complexity index is 178. The van der Waals surface area contributed by atoms with Crippen molar-refractivity contribution >= 4 is 6.02 Å². The molecule has 0 radical (unpaired) electrons. The van der Waals surface area contributed by atoms with E-state index in [-0.39, 0.29) is 5.60 Å². The van der Waals surface area contributed by atoms with E-state index in [0.29, 0.717) is 6.02 Å². The molecule has 3 heteroatoms. The summed E-state index contributed by atoms with van der Waals surface area (Å²) in [7, 11) is 0. The lowest BCUT2D eigenvalue weighted by Crippen LogP contribution is -2.40. The third-order valence-electron chi connectivity index (χ3n) is 2.05. The van der Waals surface area contributed by atoms with Crippen LogP contribution in [0.25, 0.3) is 0 Å². The second-order valence-corrected chi connectivity index (χ2v) is 4.57. The lowest BCUT2D eigenvalue weighted by Gasteiger charge is -2.32. The largest absolute Gasteiger partial charge is 0.460 e. The van der Waals surface area contributed by atoms with Crippen molar-refractivity contribution in [3.8, 4) is 0 Å². The predicted molar refractivity (Wildman–Crippen MR) is 54.0 cm³/mol. The van der Waals surface area contributed by atoms with Gasteiger partial charge in [0.05, 0.1) is 0 Å². The summed E-state index contributed by atoms with van der Waals surface area (Å²) >= 11 is 0. The molecule has 1 aliphatic rings. The predicted octanol–water partition coefficient (Wildman–Crippen LogP) is 2.22. The van der Waals surface area contributed by atoms with Crippen molar-refractivity contribution in [2.45, 2.75) is 45.6 Å². The van der Waals surface area contributed by atoms with Gasteiger partial charge in [-0.15, -0.1) is 0 Å². The van der Waals surface area contributed by atoms with Crippen LogP contribution < -0.4 is 0 Å². The Balaban J connectivity index is 2.38. The topological polar surface area (TPSA) is 36.3 Å². The second-order valence-electron chi connectivity index (χ2n) is 4.57. The number of nitrogens with one attached hydrogen (secondary N) is 1. The summed E-state index contributed by atoms with van der Waals surface area (Å²) in [6.45, 7) is 7.90. The quantitative estimate of drug-likeness (QED) is 0.463. The third kappa shape index (κ3) is 3.66. The lowest BCUT2D eigenvalue weighted by molar-refractivity contribution is 0.0809. The van der Waals surface area contributed by atoms with E-state index in [1.807, 2.05) is 25.7 Å². The minimum absolute atomic E-state index is 0.242. The van der Waals surface area contributed by atoms with Gasteiger partial charge in [-0.3, -0.25) is 5.41 Å². The van der Waals surface area contributed by atoms with Crippen LogP contribution in [0.4, 0.5) is 0 Å². The molecule has 1 N–H and O–H groups in total. The number of piperidine rings is 1. The fraction of sp³-hybridized carbons (Fsp3) is 0.900. The van der Waals surface area contributed by atoms with Gasteiger partial charge in [0.1, 0.15) is 5.60 Å². The normalized spacial score (nSPS) is 18.5. The standard InChI is InChI=1S/C10H20N2O/c1-10(2,3)13-9(11)12-7-5-4-6-8-12/h11H,4-8H2,1-3H3. The van der Waals surface area contributed by atoms with Crippen LogP contribution in [0.5, 0.6) is 0 Å². The number of ether oxygens (including phenoxy) is 1. The Morgan fingerprint density at radius 1 is 1.15 bits per heavy atom. The Morgan fingerprint density at radius 3 is 2.15 bits per heavy atom. The van der Waals surface area contributed by atoms with Crippen LogP contribution in [0.3, 0.4) is 0 Å². The van der Waals surface area contributed by atoms with Gasteiger partial charge in [-0.1, -0.05) is 0 Å². The average Bonchev–Trinajstić information content (AvgIpc) is 2.03. The zero-order valence-electron chi connectivity index (χ0n) is 8.89. The summed E-state index contributed by atoms with van der Waals surface area (Å²) in [4.78, 5) is 2.02. The summed E-state index contributed by atoms with van der Waals surface area (Å²) in [5.74, 6) is 0. The van der Waals surface area contributed by atoms with Gasteiger partial charge in [0.2, 0.25) is 0 Å². The van der Waals surface area contributed by atoms with Crippen molar-refractivity contribution in [2.24, 2.45) is 0 Å². The molecule has 0 unspecified atom stereocenters. The molecule has 1 rings (SSSR count). The lowest BCUT2D eigenvalue weighted by atomic mass is 10.1. The van der Waals surface area contributed by atoms with Crippen molar-refractivity contribution in [1.82, 2.24) is 4.90 Å². The Morgan fingerprint density at radius 2 is 1.69 bits per heavy atom. The van der Waals surface area contributed by atoms with E-state index in [0.717, 1.165) is 13.1 Å². The molecular formula is C10H20N2O. The molecule has 76 valence electrons. The van der Waals surface area contributed by atoms with Gasteiger partial charge in [0, 0.05) is 13.1 Å². The zero-order chi connectivity index (χ0) is 9.90. The zero-order valence-corrected chi connectivity index (χ0v) is 8.89. The molecule has 0 saturated carbocycles. The monoisotopic (exact) mass is 184 g/mol. The van der Waals surface area contributed by atoms with Crippen molar-refractivity contribution in [2.75, 3.05) is 13.1 Å². The van der Waals surface area contributed by atoms with Gasteiger partial charge >= 0.3 is 0 Å². The fourth-order valence-corrected chi connectivity index (χ4v) is 1.45. The number of hydrogen-bond donors (Lipinski definition) is 1. The molecule has 13 heavy (non-hydrogen) atoms. The summed E-state index contributed by atoms with van der Waals surface area (Å²) in [6.07, 6.45) is 3.67. The SMILES string of the molecule is CC(C)(C)OC(=N)N1CCCCC1. The van der Waals surface area contributed by atoms with Crippen LogP contribution in [-0.2, 0) is 4.74 Å². The fourth-order valence-electron chi connectivity index (χ4n) is 1.45. The van der Waals surface area contributed by atoms with Gasteiger partial charge < -0.3 is 9.64 Å². The highest BCUT2D eigenvalue weighted by molar-refractivity contribution is 5.70. The number of nitrogens with zero attached hydrogens (tertiary/aromatic N) is 1. The molecule has 0 atom stereocenters. The number of likely N-dealkylation sites (tertiary alicyclic amines) is 1. The van der Waals surface area contributed by atoms with Crippen LogP contribution in [-0.4, -0.2) is 29.6 Å². The van der Waals surface area contributed by atoms with Crippen molar-refractivity contribution in [3.63, 3.8) is 0 Å². The summed E-state index contributed by atoms with van der Waals surface area (Å²) in [5, 5.41) is 7.74. The molecule has 0 aromatic heterocycles. The van der Waals surface area contributed by atoms with Crippen LogP contribution in [0, 0.1) is 5.41 Å². The van der Waals surface area contributed by atoms with E-state index in [9.17, 15) is 0 Å². The summed E-state index contributed by atoms with van der Waals surface area (Å²) in [5.41, 5.74) is -0.242. The van der Waals surface area contributed by atoms with E-state index in [1.165, 1.54) is 19.3 Å². The van der Waals surface area contributed by atoms with Gasteiger partial charge in [0.25, 0.3) is 6.02 Å². The Kier molecular flexibility index (Phi) is 3.17. The van der Waals surface area contributed by atoms with Crippen molar-refractivity contribution in [1.29, 1.82) is 5.41 Å². The highest BCUT2D eigenvalue weighted by Gasteiger charge is 2.20. The molecule has 0 aromatic rings. The average molecular weight is 184 g/mol. The van der Waals surface area contributed by atoms with E-state index in [2.05, 4.69) is 0 Å². The van der Waals surface area contributed by atoms with Crippen LogP contribution in [0.15, 0.2) is 0 Å². The highest BCUT2D eigenvalue weighted by Crippen LogP contribution is 2.13. The third-order valence-corrected chi connectivity index (χ3v) is 2.05. The van der Waals surface area contributed by atoms with Gasteiger partial charge in [0.15, 0.2) is 0 Å². The molecule has 0 aromatic carbocycles. The summed E-state index contributed by atoms with van der Waals surface area (Å²) in [6, 6.07) is 0.340. The molecule has 1 aliphatic heterocycles. The molecule has 0 aliphatic carbocycles. The minimum atomic E-state index is -0.242. The van der Waals surface area contributed by atoms with Gasteiger partial charge in [-0.25, -0.2) is 0 Å². The molecule has 3 nitrogen and oxygen atoms in total. The van der Waals surface area contributed by atoms with Crippen molar-refractivity contribution in [3.05, 3.63) is 0 Å². The number of amidine groups is 1. The van der Waals surface area contributed by atoms with Crippen LogP contribution >= 0.6 is 0 Å². The maximum absolute atomic E-state index is 7.74. The molecule has 0 spiro atoms. The first-order chi connectivity index (χ1) is 5.99. The smallest absolute Gasteiger partial charge is 0.284 e. The maximum Gasteiger partial charge on any atom is 0.284 e. The molecule has 1 fully saturated rings. The van der Waals surface area contributed by atoms with Crippen molar-refractivity contribution < 1.29 is 4.74 Å². The maximum atomic E-state index is 7.74. The number of rotatable bonds is 0. The first-order valence-corrected chi connectivity index (χ1v) is 5.01. The van der Waals surface area contributed by atoms with E-state index in [4.69, 9.17) is 10.1 Å².